The molecule has 2 aromatic rings. The minimum atomic E-state index is 0.393. The fourth-order valence-corrected chi connectivity index (χ4v) is 3.39. The molecule has 1 unspecified atom stereocenters. The standard InChI is InChI=1S/C16H19Cl2NS/c1-2-8-19-13(11-14-6-4-9-20-14)10-12-5-3-7-15(17)16(12)18/h3-7,9,13,19H,2,8,10-11H2,1H3. The first-order chi connectivity index (χ1) is 9.70. The number of hydrogen-bond donors (Lipinski definition) is 1. The molecular formula is C16H19Cl2NS. The van der Waals surface area contributed by atoms with Gasteiger partial charge in [-0.15, -0.1) is 11.3 Å². The van der Waals surface area contributed by atoms with E-state index in [-0.39, 0.29) is 0 Å². The number of benzene rings is 1. The summed E-state index contributed by atoms with van der Waals surface area (Å²) in [7, 11) is 0. The molecule has 0 radical (unpaired) electrons. The molecule has 0 aliphatic heterocycles. The Labute approximate surface area is 134 Å². The van der Waals surface area contributed by atoms with Crippen LogP contribution in [0.15, 0.2) is 35.7 Å². The van der Waals surface area contributed by atoms with Crippen molar-refractivity contribution in [1.29, 1.82) is 0 Å². The van der Waals surface area contributed by atoms with Crippen molar-refractivity contribution in [3.63, 3.8) is 0 Å². The van der Waals surface area contributed by atoms with E-state index in [9.17, 15) is 0 Å². The first kappa shape index (κ1) is 15.8. The summed E-state index contributed by atoms with van der Waals surface area (Å²) in [6.07, 6.45) is 3.06. The van der Waals surface area contributed by atoms with E-state index in [0.29, 0.717) is 16.1 Å². The highest BCUT2D eigenvalue weighted by molar-refractivity contribution is 7.09. The molecule has 1 aromatic carbocycles. The molecule has 0 spiro atoms. The van der Waals surface area contributed by atoms with Gasteiger partial charge in [0.15, 0.2) is 0 Å². The van der Waals surface area contributed by atoms with Gasteiger partial charge in [-0.1, -0.05) is 48.3 Å². The quantitative estimate of drug-likeness (QED) is 0.736. The van der Waals surface area contributed by atoms with Crippen molar-refractivity contribution >= 4 is 34.5 Å². The molecule has 1 aromatic heterocycles. The van der Waals surface area contributed by atoms with Gasteiger partial charge in [0.1, 0.15) is 0 Å². The molecule has 0 aliphatic rings. The largest absolute Gasteiger partial charge is 0.313 e. The Kier molecular flexibility index (Phi) is 6.37. The smallest absolute Gasteiger partial charge is 0.0624 e. The Hall–Kier alpha value is -0.540. The normalized spacial score (nSPS) is 12.6. The fourth-order valence-electron chi connectivity index (χ4n) is 2.21. The Bertz CT molecular complexity index is 525. The average Bonchev–Trinajstić information content (AvgIpc) is 2.94. The molecule has 2 rings (SSSR count). The van der Waals surface area contributed by atoms with E-state index in [1.165, 1.54) is 4.88 Å². The van der Waals surface area contributed by atoms with Crippen LogP contribution in [0.5, 0.6) is 0 Å². The van der Waals surface area contributed by atoms with Crippen LogP contribution in [0.1, 0.15) is 23.8 Å². The SMILES string of the molecule is CCCNC(Cc1cccs1)Cc1cccc(Cl)c1Cl. The molecular weight excluding hydrogens is 309 g/mol. The molecule has 0 bridgehead atoms. The minimum absolute atomic E-state index is 0.393. The Morgan fingerprint density at radius 2 is 2.00 bits per heavy atom. The maximum Gasteiger partial charge on any atom is 0.0624 e. The monoisotopic (exact) mass is 327 g/mol. The van der Waals surface area contributed by atoms with Crippen LogP contribution in [0.25, 0.3) is 0 Å². The van der Waals surface area contributed by atoms with Crippen LogP contribution in [0.2, 0.25) is 10.0 Å². The zero-order chi connectivity index (χ0) is 14.4. The third-order valence-electron chi connectivity index (χ3n) is 3.21. The van der Waals surface area contributed by atoms with Crippen LogP contribution < -0.4 is 5.32 Å². The van der Waals surface area contributed by atoms with Crippen molar-refractivity contribution in [2.45, 2.75) is 32.2 Å². The van der Waals surface area contributed by atoms with Crippen LogP contribution in [0, 0.1) is 0 Å². The molecule has 1 N–H and O–H groups in total. The Balaban J connectivity index is 2.08. The number of halogens is 2. The topological polar surface area (TPSA) is 12.0 Å². The van der Waals surface area contributed by atoms with Gasteiger partial charge in [-0.2, -0.15) is 0 Å². The van der Waals surface area contributed by atoms with Crippen molar-refractivity contribution < 1.29 is 0 Å². The molecule has 0 amide bonds. The van der Waals surface area contributed by atoms with Gasteiger partial charge >= 0.3 is 0 Å². The summed E-state index contributed by atoms with van der Waals surface area (Å²) >= 11 is 14.2. The number of hydrogen-bond acceptors (Lipinski definition) is 2. The van der Waals surface area contributed by atoms with Crippen LogP contribution >= 0.6 is 34.5 Å². The maximum absolute atomic E-state index is 6.30. The summed E-state index contributed by atoms with van der Waals surface area (Å²) in [5.41, 5.74) is 1.12. The maximum atomic E-state index is 6.30. The van der Waals surface area contributed by atoms with E-state index in [4.69, 9.17) is 23.2 Å². The van der Waals surface area contributed by atoms with E-state index in [1.807, 2.05) is 12.1 Å². The lowest BCUT2D eigenvalue weighted by Gasteiger charge is -2.19. The second-order valence-corrected chi connectivity index (χ2v) is 6.67. The van der Waals surface area contributed by atoms with Gasteiger partial charge in [0, 0.05) is 10.9 Å². The zero-order valence-electron chi connectivity index (χ0n) is 11.5. The predicted molar refractivity (Wildman–Crippen MR) is 90.3 cm³/mol. The summed E-state index contributed by atoms with van der Waals surface area (Å²) < 4.78 is 0. The second-order valence-electron chi connectivity index (χ2n) is 4.85. The van der Waals surface area contributed by atoms with E-state index < -0.39 is 0 Å². The van der Waals surface area contributed by atoms with E-state index in [2.05, 4.69) is 35.8 Å². The zero-order valence-corrected chi connectivity index (χ0v) is 13.9. The summed E-state index contributed by atoms with van der Waals surface area (Å²) in [5, 5.41) is 7.05. The summed E-state index contributed by atoms with van der Waals surface area (Å²) in [5.74, 6) is 0. The molecule has 1 atom stereocenters. The summed E-state index contributed by atoms with van der Waals surface area (Å²) in [4.78, 5) is 1.40. The fraction of sp³-hybridized carbons (Fsp3) is 0.375. The van der Waals surface area contributed by atoms with Crippen molar-refractivity contribution in [2.24, 2.45) is 0 Å². The van der Waals surface area contributed by atoms with Crippen molar-refractivity contribution in [3.05, 3.63) is 56.2 Å². The lowest BCUT2D eigenvalue weighted by atomic mass is 10.0. The number of nitrogens with one attached hydrogen (secondary N) is 1. The molecule has 20 heavy (non-hydrogen) atoms. The Morgan fingerprint density at radius 1 is 1.15 bits per heavy atom. The van der Waals surface area contributed by atoms with Gasteiger partial charge in [0.2, 0.25) is 0 Å². The molecule has 0 aliphatic carbocycles. The van der Waals surface area contributed by atoms with Gasteiger partial charge < -0.3 is 5.32 Å². The van der Waals surface area contributed by atoms with Crippen molar-refractivity contribution in [1.82, 2.24) is 5.32 Å². The predicted octanol–water partition coefficient (Wildman–Crippen LogP) is 5.21. The van der Waals surface area contributed by atoms with Gasteiger partial charge in [0.25, 0.3) is 0 Å². The Morgan fingerprint density at radius 3 is 2.70 bits per heavy atom. The van der Waals surface area contributed by atoms with E-state index in [0.717, 1.165) is 31.4 Å². The molecule has 0 saturated heterocycles. The lowest BCUT2D eigenvalue weighted by molar-refractivity contribution is 0.507. The third kappa shape index (κ3) is 4.49. The average molecular weight is 328 g/mol. The molecule has 1 nitrogen and oxygen atoms in total. The van der Waals surface area contributed by atoms with Crippen LogP contribution in [-0.2, 0) is 12.8 Å². The van der Waals surface area contributed by atoms with Crippen LogP contribution in [0.3, 0.4) is 0 Å². The van der Waals surface area contributed by atoms with Gasteiger partial charge in [0.05, 0.1) is 10.0 Å². The highest BCUT2D eigenvalue weighted by Crippen LogP contribution is 2.27. The van der Waals surface area contributed by atoms with Gasteiger partial charge in [-0.05, 0) is 48.9 Å². The number of rotatable bonds is 7. The van der Waals surface area contributed by atoms with E-state index in [1.54, 1.807) is 11.3 Å². The van der Waals surface area contributed by atoms with E-state index >= 15 is 0 Å². The number of thiophene rings is 1. The molecule has 4 heteroatoms. The molecule has 108 valence electrons. The molecule has 0 fully saturated rings. The second kappa shape index (κ2) is 8.04. The highest BCUT2D eigenvalue weighted by atomic mass is 35.5. The molecule has 0 saturated carbocycles. The first-order valence-corrected chi connectivity index (χ1v) is 8.53. The highest BCUT2D eigenvalue weighted by Gasteiger charge is 2.13. The summed E-state index contributed by atoms with van der Waals surface area (Å²) in [6.45, 7) is 3.20. The van der Waals surface area contributed by atoms with Gasteiger partial charge in [-0.3, -0.25) is 0 Å². The summed E-state index contributed by atoms with van der Waals surface area (Å²) in [6, 6.07) is 10.5. The van der Waals surface area contributed by atoms with Gasteiger partial charge in [-0.25, -0.2) is 0 Å². The van der Waals surface area contributed by atoms with Crippen molar-refractivity contribution in [2.75, 3.05) is 6.54 Å². The van der Waals surface area contributed by atoms with Crippen molar-refractivity contribution in [3.8, 4) is 0 Å². The molecule has 1 heterocycles. The first-order valence-electron chi connectivity index (χ1n) is 6.89. The van der Waals surface area contributed by atoms with Crippen LogP contribution in [-0.4, -0.2) is 12.6 Å². The van der Waals surface area contributed by atoms with Crippen LogP contribution in [0.4, 0.5) is 0 Å². The lowest BCUT2D eigenvalue weighted by Crippen LogP contribution is -2.33. The third-order valence-corrected chi connectivity index (χ3v) is 4.97. The minimum Gasteiger partial charge on any atom is -0.313 e.